The van der Waals surface area contributed by atoms with Crippen LogP contribution in [0.3, 0.4) is 0 Å². The number of benzene rings is 1. The average molecular weight is 304 g/mol. The van der Waals surface area contributed by atoms with Crippen LogP contribution >= 0.6 is 27.7 Å². The van der Waals surface area contributed by atoms with Crippen LogP contribution in [0.5, 0.6) is 0 Å². The second-order valence-electron chi connectivity index (χ2n) is 3.41. The smallest absolute Gasteiger partial charge is 0.0627 e. The molecule has 1 N–H and O–H groups in total. The predicted molar refractivity (Wildman–Crippen MR) is 74.2 cm³/mol. The molecule has 0 saturated carbocycles. The number of nitrogens with one attached hydrogen (secondary N) is 1. The van der Waals surface area contributed by atoms with E-state index in [1.54, 1.807) is 0 Å². The Kier molecular flexibility index (Phi) is 7.12. The van der Waals surface area contributed by atoms with Crippen LogP contribution in [-0.2, 0) is 4.74 Å². The fourth-order valence-corrected chi connectivity index (χ4v) is 2.82. The second kappa shape index (κ2) is 8.12. The molecule has 2 nitrogen and oxygen atoms in total. The molecular formula is C12H18BrNOS. The molecule has 1 unspecified atom stereocenters. The Hall–Kier alpha value is -0.0300. The first-order valence-electron chi connectivity index (χ1n) is 5.39. The molecule has 1 rings (SSSR count). The molecule has 1 aromatic rings. The van der Waals surface area contributed by atoms with E-state index in [0.717, 1.165) is 23.4 Å². The molecule has 0 aliphatic carbocycles. The highest BCUT2D eigenvalue weighted by Crippen LogP contribution is 2.22. The van der Waals surface area contributed by atoms with E-state index in [4.69, 9.17) is 4.74 Å². The lowest BCUT2D eigenvalue weighted by molar-refractivity contribution is 0.131. The van der Waals surface area contributed by atoms with Crippen molar-refractivity contribution in [2.45, 2.75) is 17.9 Å². The molecule has 0 spiro atoms. The van der Waals surface area contributed by atoms with Crippen LogP contribution < -0.4 is 5.32 Å². The van der Waals surface area contributed by atoms with Gasteiger partial charge in [0.25, 0.3) is 0 Å². The summed E-state index contributed by atoms with van der Waals surface area (Å²) < 4.78 is 6.54. The van der Waals surface area contributed by atoms with Gasteiger partial charge in [-0.05, 0) is 32.2 Å². The maximum atomic E-state index is 5.41. The van der Waals surface area contributed by atoms with Crippen molar-refractivity contribution in [3.05, 3.63) is 28.7 Å². The number of hydrogen-bond acceptors (Lipinski definition) is 3. The summed E-state index contributed by atoms with van der Waals surface area (Å²) in [5.41, 5.74) is 0. The molecule has 0 aromatic heterocycles. The van der Waals surface area contributed by atoms with Crippen molar-refractivity contribution in [1.82, 2.24) is 5.32 Å². The summed E-state index contributed by atoms with van der Waals surface area (Å²) in [6, 6.07) is 8.77. The van der Waals surface area contributed by atoms with Crippen molar-refractivity contribution in [2.24, 2.45) is 0 Å². The quantitative estimate of drug-likeness (QED) is 0.782. The van der Waals surface area contributed by atoms with Crippen molar-refractivity contribution in [3.63, 3.8) is 0 Å². The lowest BCUT2D eigenvalue weighted by atomic mass is 10.4. The maximum absolute atomic E-state index is 5.41. The summed E-state index contributed by atoms with van der Waals surface area (Å²) in [7, 11) is 1.98. The average Bonchev–Trinajstić information content (AvgIpc) is 2.29. The minimum atomic E-state index is 0.406. The third-order valence-corrected chi connectivity index (χ3v) is 3.83. The van der Waals surface area contributed by atoms with E-state index in [0.29, 0.717) is 6.04 Å². The van der Waals surface area contributed by atoms with Gasteiger partial charge in [-0.1, -0.05) is 22.0 Å². The van der Waals surface area contributed by atoms with Gasteiger partial charge in [-0.25, -0.2) is 0 Å². The Labute approximate surface area is 110 Å². The van der Waals surface area contributed by atoms with E-state index in [1.807, 2.05) is 31.8 Å². The molecule has 0 amide bonds. The summed E-state index contributed by atoms with van der Waals surface area (Å²) in [5, 5.41) is 3.26. The van der Waals surface area contributed by atoms with Crippen LogP contribution in [0.2, 0.25) is 0 Å². The standard InChI is InChI=1S/C12H18BrNOS/c1-3-15-8-11(14-2)9-16-12-6-4-5-10(13)7-12/h4-7,11,14H,3,8-9H2,1-2H3. The van der Waals surface area contributed by atoms with Gasteiger partial charge in [0.15, 0.2) is 0 Å². The van der Waals surface area contributed by atoms with Crippen molar-refractivity contribution in [3.8, 4) is 0 Å². The monoisotopic (exact) mass is 303 g/mol. The van der Waals surface area contributed by atoms with Crippen molar-refractivity contribution >= 4 is 27.7 Å². The third kappa shape index (κ3) is 5.34. The molecule has 16 heavy (non-hydrogen) atoms. The fraction of sp³-hybridized carbons (Fsp3) is 0.500. The molecule has 0 radical (unpaired) electrons. The first kappa shape index (κ1) is 14.0. The van der Waals surface area contributed by atoms with Gasteiger partial charge in [-0.2, -0.15) is 0 Å². The fourth-order valence-electron chi connectivity index (χ4n) is 1.23. The molecule has 0 aliphatic heterocycles. The van der Waals surface area contributed by atoms with E-state index in [-0.39, 0.29) is 0 Å². The number of hydrogen-bond donors (Lipinski definition) is 1. The maximum Gasteiger partial charge on any atom is 0.0627 e. The van der Waals surface area contributed by atoms with Gasteiger partial charge in [0.05, 0.1) is 6.61 Å². The largest absolute Gasteiger partial charge is 0.380 e. The number of likely N-dealkylation sites (N-methyl/N-ethyl adjacent to an activating group) is 1. The van der Waals surface area contributed by atoms with Gasteiger partial charge in [-0.3, -0.25) is 0 Å². The Morgan fingerprint density at radius 2 is 2.31 bits per heavy atom. The molecule has 4 heteroatoms. The minimum Gasteiger partial charge on any atom is -0.380 e. The van der Waals surface area contributed by atoms with E-state index < -0.39 is 0 Å². The molecule has 0 fully saturated rings. The number of thioether (sulfide) groups is 1. The highest BCUT2D eigenvalue weighted by molar-refractivity contribution is 9.10. The summed E-state index contributed by atoms with van der Waals surface area (Å²) in [5.74, 6) is 1.02. The van der Waals surface area contributed by atoms with Gasteiger partial charge in [0.2, 0.25) is 0 Å². The summed E-state index contributed by atoms with van der Waals surface area (Å²) in [6.45, 7) is 3.57. The van der Waals surface area contributed by atoms with E-state index in [9.17, 15) is 0 Å². The lowest BCUT2D eigenvalue weighted by Gasteiger charge is -2.15. The number of halogens is 1. The number of ether oxygens (including phenoxy) is 1. The van der Waals surface area contributed by atoms with E-state index in [1.165, 1.54) is 4.90 Å². The molecule has 0 heterocycles. The van der Waals surface area contributed by atoms with Crippen LogP contribution in [0.15, 0.2) is 33.6 Å². The zero-order valence-corrected chi connectivity index (χ0v) is 12.1. The molecule has 1 atom stereocenters. The topological polar surface area (TPSA) is 21.3 Å². The summed E-state index contributed by atoms with van der Waals surface area (Å²) in [4.78, 5) is 1.28. The Morgan fingerprint density at radius 3 is 2.94 bits per heavy atom. The molecule has 0 saturated heterocycles. The van der Waals surface area contributed by atoms with Crippen molar-refractivity contribution in [1.29, 1.82) is 0 Å². The minimum absolute atomic E-state index is 0.406. The predicted octanol–water partition coefficient (Wildman–Crippen LogP) is 3.17. The van der Waals surface area contributed by atoms with Crippen LogP contribution in [0.4, 0.5) is 0 Å². The SMILES string of the molecule is CCOCC(CSc1cccc(Br)c1)NC. The molecular weight excluding hydrogens is 286 g/mol. The number of rotatable bonds is 7. The van der Waals surface area contributed by atoms with Crippen LogP contribution in [0, 0.1) is 0 Å². The van der Waals surface area contributed by atoms with Crippen LogP contribution in [-0.4, -0.2) is 32.1 Å². The molecule has 1 aromatic carbocycles. The Balaban J connectivity index is 2.37. The summed E-state index contributed by atoms with van der Waals surface area (Å²) >= 11 is 5.32. The van der Waals surface area contributed by atoms with Crippen molar-refractivity contribution in [2.75, 3.05) is 26.0 Å². The summed E-state index contributed by atoms with van der Waals surface area (Å²) in [6.07, 6.45) is 0. The lowest BCUT2D eigenvalue weighted by Crippen LogP contribution is -2.32. The first-order chi connectivity index (χ1) is 7.76. The highest BCUT2D eigenvalue weighted by Gasteiger charge is 2.06. The second-order valence-corrected chi connectivity index (χ2v) is 5.42. The molecule has 0 aliphatic rings. The van der Waals surface area contributed by atoms with E-state index in [2.05, 4.69) is 39.4 Å². The van der Waals surface area contributed by atoms with Crippen molar-refractivity contribution < 1.29 is 4.74 Å². The zero-order chi connectivity index (χ0) is 11.8. The Morgan fingerprint density at radius 1 is 1.50 bits per heavy atom. The van der Waals surface area contributed by atoms with Crippen LogP contribution in [0.25, 0.3) is 0 Å². The van der Waals surface area contributed by atoms with Crippen LogP contribution in [0.1, 0.15) is 6.92 Å². The highest BCUT2D eigenvalue weighted by atomic mass is 79.9. The third-order valence-electron chi connectivity index (χ3n) is 2.18. The van der Waals surface area contributed by atoms with Gasteiger partial charge in [0.1, 0.15) is 0 Å². The van der Waals surface area contributed by atoms with Gasteiger partial charge < -0.3 is 10.1 Å². The van der Waals surface area contributed by atoms with Gasteiger partial charge in [-0.15, -0.1) is 11.8 Å². The Bertz CT molecular complexity index is 309. The van der Waals surface area contributed by atoms with Gasteiger partial charge >= 0.3 is 0 Å². The molecule has 90 valence electrons. The zero-order valence-electron chi connectivity index (χ0n) is 9.70. The normalized spacial score (nSPS) is 12.7. The van der Waals surface area contributed by atoms with E-state index >= 15 is 0 Å². The first-order valence-corrected chi connectivity index (χ1v) is 7.17. The van der Waals surface area contributed by atoms with Gasteiger partial charge in [0, 0.05) is 27.8 Å². The molecule has 0 bridgehead atoms.